The first-order valence-electron chi connectivity index (χ1n) is 10.5. The highest BCUT2D eigenvalue weighted by molar-refractivity contribution is 5.96. The normalized spacial score (nSPS) is 24.0. The van der Waals surface area contributed by atoms with Gasteiger partial charge in [-0.1, -0.05) is 6.07 Å². The van der Waals surface area contributed by atoms with E-state index in [2.05, 4.69) is 15.4 Å². The fourth-order valence-electron chi connectivity index (χ4n) is 4.36. The standard InChI is InChI=1S/C23H22F2N6O/c1-14-4-2-5-18(27-14)23(32)28-19-13-26-31-11-9-21(29-22(19)31)30-10-3-6-20(30)16-12-15(24)7-8-17(16)25/h2,4-5,7-9,11-13,19-20,22H,3,6,10H2,1H3,(H,28,32)/t19?,20-,22?/m1/s1. The molecule has 2 unspecified atom stereocenters. The van der Waals surface area contributed by atoms with Gasteiger partial charge in [-0.15, -0.1) is 0 Å². The van der Waals surface area contributed by atoms with Gasteiger partial charge in [-0.25, -0.2) is 23.8 Å². The molecule has 1 aromatic carbocycles. The van der Waals surface area contributed by atoms with Gasteiger partial charge in [0.25, 0.3) is 5.91 Å². The van der Waals surface area contributed by atoms with Gasteiger partial charge >= 0.3 is 0 Å². The number of aliphatic imine (C=N–C) groups is 1. The first-order valence-corrected chi connectivity index (χ1v) is 10.5. The van der Waals surface area contributed by atoms with Crippen molar-refractivity contribution in [3.8, 4) is 0 Å². The monoisotopic (exact) mass is 436 g/mol. The third-order valence-electron chi connectivity index (χ3n) is 5.88. The van der Waals surface area contributed by atoms with Crippen LogP contribution < -0.4 is 5.32 Å². The second kappa shape index (κ2) is 8.14. The van der Waals surface area contributed by atoms with Crippen molar-refractivity contribution in [1.29, 1.82) is 0 Å². The first kappa shape index (κ1) is 20.3. The lowest BCUT2D eigenvalue weighted by Crippen LogP contribution is -2.47. The molecule has 4 heterocycles. The highest BCUT2D eigenvalue weighted by Gasteiger charge is 2.37. The molecule has 1 N–H and O–H groups in total. The van der Waals surface area contributed by atoms with Crippen molar-refractivity contribution in [3.05, 3.63) is 77.3 Å². The molecule has 0 radical (unpaired) electrons. The van der Waals surface area contributed by atoms with Gasteiger partial charge in [-0.05, 0) is 56.2 Å². The Labute approximate surface area is 184 Å². The van der Waals surface area contributed by atoms with Gasteiger partial charge in [0.15, 0.2) is 6.17 Å². The van der Waals surface area contributed by atoms with E-state index in [0.717, 1.165) is 24.2 Å². The molecule has 1 aromatic heterocycles. The lowest BCUT2D eigenvalue weighted by atomic mass is 10.0. The number of nitrogens with zero attached hydrogens (tertiary/aromatic N) is 5. The average molecular weight is 436 g/mol. The molecule has 1 fully saturated rings. The van der Waals surface area contributed by atoms with Gasteiger partial charge in [-0.3, -0.25) is 4.79 Å². The summed E-state index contributed by atoms with van der Waals surface area (Å²) < 4.78 is 28.2. The molecule has 1 amide bonds. The molecule has 3 atom stereocenters. The predicted octanol–water partition coefficient (Wildman–Crippen LogP) is 3.16. The number of halogens is 2. The minimum Gasteiger partial charge on any atom is -0.350 e. The maximum Gasteiger partial charge on any atom is 0.270 e. The Balaban J connectivity index is 1.37. The van der Waals surface area contributed by atoms with Gasteiger partial charge in [0.05, 0.1) is 12.3 Å². The van der Waals surface area contributed by atoms with Crippen LogP contribution in [0.4, 0.5) is 8.78 Å². The molecule has 0 aliphatic carbocycles. The summed E-state index contributed by atoms with van der Waals surface area (Å²) in [5.41, 5.74) is 1.41. The molecular formula is C23H22F2N6O. The zero-order valence-electron chi connectivity index (χ0n) is 17.4. The number of rotatable bonds is 3. The van der Waals surface area contributed by atoms with Crippen LogP contribution in [-0.2, 0) is 0 Å². The molecular weight excluding hydrogens is 414 g/mol. The van der Waals surface area contributed by atoms with E-state index in [9.17, 15) is 13.6 Å². The number of aryl methyl sites for hydroxylation is 1. The van der Waals surface area contributed by atoms with Crippen LogP contribution in [0, 0.1) is 18.6 Å². The molecule has 1 saturated heterocycles. The van der Waals surface area contributed by atoms with Crippen LogP contribution in [0.5, 0.6) is 0 Å². The quantitative estimate of drug-likeness (QED) is 0.802. The Morgan fingerprint density at radius 1 is 1.22 bits per heavy atom. The fraction of sp³-hybridized carbons (Fsp3) is 0.304. The number of carbonyl (C=O) groups excluding carboxylic acids is 1. The van der Waals surface area contributed by atoms with Gasteiger partial charge < -0.3 is 10.2 Å². The van der Waals surface area contributed by atoms with Crippen LogP contribution >= 0.6 is 0 Å². The maximum absolute atomic E-state index is 14.4. The summed E-state index contributed by atoms with van der Waals surface area (Å²) in [6, 6.07) is 8.07. The molecule has 0 saturated carbocycles. The maximum atomic E-state index is 14.4. The lowest BCUT2D eigenvalue weighted by Gasteiger charge is -2.32. The van der Waals surface area contributed by atoms with Crippen LogP contribution in [0.15, 0.2) is 58.8 Å². The Kier molecular flexibility index (Phi) is 5.16. The number of fused-ring (bicyclic) bond motifs is 1. The van der Waals surface area contributed by atoms with Gasteiger partial charge in [-0.2, -0.15) is 5.10 Å². The van der Waals surface area contributed by atoms with Gasteiger partial charge in [0.1, 0.15) is 29.2 Å². The second-order valence-electron chi connectivity index (χ2n) is 8.04. The SMILES string of the molecule is Cc1cccc(C(=O)NC2C=NN3C=CC(N4CCC[C@@H]4c4cc(F)ccc4F)=NC23)n1. The number of nitrogens with one attached hydrogen (secondary N) is 1. The summed E-state index contributed by atoms with van der Waals surface area (Å²) >= 11 is 0. The number of carbonyl (C=O) groups is 1. The zero-order chi connectivity index (χ0) is 22.2. The topological polar surface area (TPSA) is 73.2 Å². The van der Waals surface area contributed by atoms with Crippen molar-refractivity contribution < 1.29 is 13.6 Å². The fourth-order valence-corrected chi connectivity index (χ4v) is 4.36. The Hall–Kier alpha value is -3.62. The minimum atomic E-state index is -0.461. The number of pyridine rings is 1. The highest BCUT2D eigenvalue weighted by Crippen LogP contribution is 2.35. The van der Waals surface area contributed by atoms with Crippen molar-refractivity contribution >= 4 is 18.0 Å². The van der Waals surface area contributed by atoms with Crippen molar-refractivity contribution in [2.75, 3.05) is 6.54 Å². The summed E-state index contributed by atoms with van der Waals surface area (Å²) in [7, 11) is 0. The lowest BCUT2D eigenvalue weighted by molar-refractivity contribution is 0.0931. The Morgan fingerprint density at radius 3 is 2.94 bits per heavy atom. The van der Waals surface area contributed by atoms with E-state index in [4.69, 9.17) is 4.99 Å². The van der Waals surface area contributed by atoms with Crippen molar-refractivity contribution in [1.82, 2.24) is 20.2 Å². The van der Waals surface area contributed by atoms with E-state index >= 15 is 0 Å². The number of aromatic nitrogens is 1. The summed E-state index contributed by atoms with van der Waals surface area (Å²) in [6.07, 6.45) is 6.34. The summed E-state index contributed by atoms with van der Waals surface area (Å²) in [4.78, 5) is 23.7. The molecule has 7 nitrogen and oxygen atoms in total. The summed E-state index contributed by atoms with van der Waals surface area (Å²) in [6.45, 7) is 2.51. The van der Waals surface area contributed by atoms with E-state index in [1.54, 1.807) is 29.6 Å². The number of benzene rings is 1. The van der Waals surface area contributed by atoms with E-state index < -0.39 is 23.8 Å². The van der Waals surface area contributed by atoms with E-state index in [0.29, 0.717) is 30.1 Å². The third-order valence-corrected chi connectivity index (χ3v) is 5.88. The Bertz CT molecular complexity index is 1150. The number of hydrazone groups is 1. The summed E-state index contributed by atoms with van der Waals surface area (Å²) in [5.74, 6) is -0.530. The smallest absolute Gasteiger partial charge is 0.270 e. The molecule has 5 rings (SSSR count). The molecule has 32 heavy (non-hydrogen) atoms. The molecule has 3 aliphatic rings. The molecule has 2 aromatic rings. The van der Waals surface area contributed by atoms with Gasteiger partial charge in [0, 0.05) is 24.0 Å². The first-order chi connectivity index (χ1) is 15.5. The number of amidine groups is 1. The molecule has 164 valence electrons. The molecule has 9 heteroatoms. The van der Waals surface area contributed by atoms with Crippen LogP contribution in [0.2, 0.25) is 0 Å². The molecule has 0 spiro atoms. The number of hydrogen-bond donors (Lipinski definition) is 1. The van der Waals surface area contributed by atoms with Crippen LogP contribution in [0.25, 0.3) is 0 Å². The second-order valence-corrected chi connectivity index (χ2v) is 8.04. The molecule has 0 bridgehead atoms. The van der Waals surface area contributed by atoms with E-state index in [1.165, 1.54) is 6.07 Å². The molecule has 3 aliphatic heterocycles. The highest BCUT2D eigenvalue weighted by atomic mass is 19.1. The predicted molar refractivity (Wildman–Crippen MR) is 116 cm³/mol. The van der Waals surface area contributed by atoms with Crippen molar-refractivity contribution in [2.24, 2.45) is 10.1 Å². The number of hydrogen-bond acceptors (Lipinski definition) is 6. The number of amides is 1. The van der Waals surface area contributed by atoms with Crippen LogP contribution in [0.1, 0.15) is 40.6 Å². The third kappa shape index (κ3) is 3.74. The van der Waals surface area contributed by atoms with E-state index in [1.807, 2.05) is 24.0 Å². The van der Waals surface area contributed by atoms with Gasteiger partial charge in [0.2, 0.25) is 0 Å². The average Bonchev–Trinajstić information content (AvgIpc) is 3.42. The van der Waals surface area contributed by atoms with Crippen LogP contribution in [0.3, 0.4) is 0 Å². The summed E-state index contributed by atoms with van der Waals surface area (Å²) in [5, 5.41) is 8.92. The number of likely N-dealkylation sites (tertiary alicyclic amines) is 1. The van der Waals surface area contributed by atoms with Crippen molar-refractivity contribution in [3.63, 3.8) is 0 Å². The van der Waals surface area contributed by atoms with Crippen molar-refractivity contribution in [2.45, 2.75) is 38.0 Å². The van der Waals surface area contributed by atoms with Crippen LogP contribution in [-0.4, -0.2) is 51.6 Å². The van der Waals surface area contributed by atoms with E-state index in [-0.39, 0.29) is 11.9 Å². The zero-order valence-corrected chi connectivity index (χ0v) is 17.4. The largest absolute Gasteiger partial charge is 0.350 e. The minimum absolute atomic E-state index is 0.299. The Morgan fingerprint density at radius 2 is 2.09 bits per heavy atom.